The fraction of sp³-hybridized carbons (Fsp3) is 0.462. The number of carboxylic acid groups (broad SMARTS) is 1. The summed E-state index contributed by atoms with van der Waals surface area (Å²) in [6.45, 7) is 5.21. The molecule has 100 valence electrons. The van der Waals surface area contributed by atoms with Crippen LogP contribution in [0.15, 0.2) is 22.7 Å². The van der Waals surface area contributed by atoms with Crippen LogP contribution in [0.2, 0.25) is 0 Å². The third-order valence-electron chi connectivity index (χ3n) is 2.63. The number of hydrogen-bond acceptors (Lipinski definition) is 3. The highest BCUT2D eigenvalue weighted by atomic mass is 79.9. The van der Waals surface area contributed by atoms with Gasteiger partial charge in [0, 0.05) is 16.1 Å². The number of rotatable bonds is 5. The summed E-state index contributed by atoms with van der Waals surface area (Å²) in [5, 5.41) is 9.03. The highest BCUT2D eigenvalue weighted by Crippen LogP contribution is 2.29. The zero-order valence-electron chi connectivity index (χ0n) is 10.7. The quantitative estimate of drug-likeness (QED) is 0.876. The second-order valence-electron chi connectivity index (χ2n) is 4.95. The molecule has 0 saturated heterocycles. The number of halogens is 1. The van der Waals surface area contributed by atoms with Crippen molar-refractivity contribution in [2.45, 2.75) is 26.8 Å². The standard InChI is InChI=1S/C13H18BrNO3/c1-8(15)10-6-9(14)4-5-11(10)18-7-13(2,3)12(16)17/h4-6,8H,7,15H2,1-3H3,(H,16,17)/t8-/m0/s1. The monoisotopic (exact) mass is 315 g/mol. The van der Waals surface area contributed by atoms with E-state index >= 15 is 0 Å². The Morgan fingerprint density at radius 2 is 2.17 bits per heavy atom. The number of benzene rings is 1. The molecule has 0 unspecified atom stereocenters. The number of aliphatic carboxylic acids is 1. The molecule has 0 aliphatic heterocycles. The molecule has 18 heavy (non-hydrogen) atoms. The van der Waals surface area contributed by atoms with Crippen LogP contribution in [0, 0.1) is 5.41 Å². The van der Waals surface area contributed by atoms with Gasteiger partial charge in [-0.05, 0) is 39.0 Å². The molecule has 0 bridgehead atoms. The Morgan fingerprint density at radius 3 is 2.67 bits per heavy atom. The Hall–Kier alpha value is -1.07. The average molecular weight is 316 g/mol. The highest BCUT2D eigenvalue weighted by Gasteiger charge is 2.28. The van der Waals surface area contributed by atoms with Crippen molar-refractivity contribution in [1.29, 1.82) is 0 Å². The van der Waals surface area contributed by atoms with Gasteiger partial charge in [0.05, 0.1) is 5.41 Å². The average Bonchev–Trinajstić information content (AvgIpc) is 2.27. The van der Waals surface area contributed by atoms with Crippen molar-refractivity contribution < 1.29 is 14.6 Å². The molecule has 3 N–H and O–H groups in total. The number of ether oxygens (including phenoxy) is 1. The number of hydrogen-bond donors (Lipinski definition) is 2. The van der Waals surface area contributed by atoms with Crippen LogP contribution in [0.5, 0.6) is 5.75 Å². The van der Waals surface area contributed by atoms with Crippen LogP contribution in [0.4, 0.5) is 0 Å². The lowest BCUT2D eigenvalue weighted by Gasteiger charge is -2.21. The van der Waals surface area contributed by atoms with Gasteiger partial charge in [-0.1, -0.05) is 15.9 Å². The first-order chi connectivity index (χ1) is 8.24. The molecular weight excluding hydrogens is 298 g/mol. The summed E-state index contributed by atoms with van der Waals surface area (Å²) in [6.07, 6.45) is 0. The molecule has 1 atom stereocenters. The molecule has 0 radical (unpaired) electrons. The van der Waals surface area contributed by atoms with Crippen LogP contribution >= 0.6 is 15.9 Å². The van der Waals surface area contributed by atoms with Crippen molar-refractivity contribution in [1.82, 2.24) is 0 Å². The summed E-state index contributed by atoms with van der Waals surface area (Å²) in [5.41, 5.74) is 5.79. The molecule has 1 rings (SSSR count). The molecule has 1 aromatic carbocycles. The van der Waals surface area contributed by atoms with Crippen LogP contribution in [0.25, 0.3) is 0 Å². The van der Waals surface area contributed by atoms with Crippen molar-refractivity contribution in [3.8, 4) is 5.75 Å². The van der Waals surface area contributed by atoms with E-state index < -0.39 is 11.4 Å². The van der Waals surface area contributed by atoms with Gasteiger partial charge in [0.1, 0.15) is 12.4 Å². The molecule has 0 heterocycles. The van der Waals surface area contributed by atoms with Gasteiger partial charge in [-0.3, -0.25) is 4.79 Å². The van der Waals surface area contributed by atoms with Crippen LogP contribution in [0.1, 0.15) is 32.4 Å². The van der Waals surface area contributed by atoms with Crippen LogP contribution in [-0.2, 0) is 4.79 Å². The number of nitrogens with two attached hydrogens (primary N) is 1. The Kier molecular flexibility index (Phi) is 4.76. The normalized spacial score (nSPS) is 13.2. The third-order valence-corrected chi connectivity index (χ3v) is 3.12. The minimum Gasteiger partial charge on any atom is -0.492 e. The molecule has 0 amide bonds. The van der Waals surface area contributed by atoms with Crippen molar-refractivity contribution in [2.75, 3.05) is 6.61 Å². The zero-order chi connectivity index (χ0) is 13.9. The summed E-state index contributed by atoms with van der Waals surface area (Å²) in [5.74, 6) is -0.260. The first kappa shape index (κ1) is 15.0. The van der Waals surface area contributed by atoms with Crippen molar-refractivity contribution in [3.05, 3.63) is 28.2 Å². The predicted octanol–water partition coefficient (Wildman–Crippen LogP) is 2.96. The van der Waals surface area contributed by atoms with E-state index in [2.05, 4.69) is 15.9 Å². The molecular formula is C13H18BrNO3. The summed E-state index contributed by atoms with van der Waals surface area (Å²) in [7, 11) is 0. The molecule has 4 nitrogen and oxygen atoms in total. The Balaban J connectivity index is 2.88. The topological polar surface area (TPSA) is 72.5 Å². The van der Waals surface area contributed by atoms with E-state index in [4.69, 9.17) is 15.6 Å². The molecule has 0 aliphatic rings. The van der Waals surface area contributed by atoms with E-state index in [0.29, 0.717) is 5.75 Å². The Labute approximate surface area is 115 Å². The third kappa shape index (κ3) is 3.71. The van der Waals surface area contributed by atoms with Gasteiger partial charge in [0.15, 0.2) is 0 Å². The Bertz CT molecular complexity index is 444. The van der Waals surface area contributed by atoms with Gasteiger partial charge in [-0.25, -0.2) is 0 Å². The van der Waals surface area contributed by atoms with E-state index in [0.717, 1.165) is 10.0 Å². The van der Waals surface area contributed by atoms with Crippen LogP contribution in [0.3, 0.4) is 0 Å². The van der Waals surface area contributed by atoms with Gasteiger partial charge in [-0.2, -0.15) is 0 Å². The minimum atomic E-state index is -0.928. The Morgan fingerprint density at radius 1 is 1.56 bits per heavy atom. The number of carboxylic acids is 1. The van der Waals surface area contributed by atoms with E-state index in [9.17, 15) is 4.79 Å². The van der Waals surface area contributed by atoms with E-state index in [1.54, 1.807) is 19.9 Å². The summed E-state index contributed by atoms with van der Waals surface area (Å²) in [6, 6.07) is 5.34. The zero-order valence-corrected chi connectivity index (χ0v) is 12.3. The first-order valence-electron chi connectivity index (χ1n) is 5.65. The lowest BCUT2D eigenvalue weighted by Crippen LogP contribution is -2.31. The molecule has 1 aromatic rings. The van der Waals surface area contributed by atoms with Gasteiger partial charge in [0.25, 0.3) is 0 Å². The lowest BCUT2D eigenvalue weighted by atomic mass is 9.95. The fourth-order valence-electron chi connectivity index (χ4n) is 1.33. The van der Waals surface area contributed by atoms with E-state index in [-0.39, 0.29) is 12.6 Å². The number of carbonyl (C=O) groups is 1. The maximum absolute atomic E-state index is 11.0. The summed E-state index contributed by atoms with van der Waals surface area (Å²) in [4.78, 5) is 11.0. The van der Waals surface area contributed by atoms with Gasteiger partial charge in [0.2, 0.25) is 0 Å². The van der Waals surface area contributed by atoms with Gasteiger partial charge in [-0.15, -0.1) is 0 Å². The van der Waals surface area contributed by atoms with Crippen LogP contribution < -0.4 is 10.5 Å². The smallest absolute Gasteiger partial charge is 0.312 e. The molecule has 0 aromatic heterocycles. The SMILES string of the molecule is C[C@H](N)c1cc(Br)ccc1OCC(C)(C)C(=O)O. The molecule has 0 aliphatic carbocycles. The fourth-order valence-corrected chi connectivity index (χ4v) is 1.71. The van der Waals surface area contributed by atoms with Crippen molar-refractivity contribution >= 4 is 21.9 Å². The molecule has 0 spiro atoms. The van der Waals surface area contributed by atoms with Crippen molar-refractivity contribution in [3.63, 3.8) is 0 Å². The second kappa shape index (κ2) is 5.71. The molecule has 0 saturated carbocycles. The van der Waals surface area contributed by atoms with E-state index in [1.807, 2.05) is 19.1 Å². The minimum absolute atomic E-state index is 0.101. The van der Waals surface area contributed by atoms with Crippen molar-refractivity contribution in [2.24, 2.45) is 11.1 Å². The second-order valence-corrected chi connectivity index (χ2v) is 5.86. The maximum Gasteiger partial charge on any atom is 0.312 e. The van der Waals surface area contributed by atoms with Crippen LogP contribution in [-0.4, -0.2) is 17.7 Å². The largest absolute Gasteiger partial charge is 0.492 e. The maximum atomic E-state index is 11.0. The molecule has 0 fully saturated rings. The van der Waals surface area contributed by atoms with Gasteiger partial charge < -0.3 is 15.6 Å². The van der Waals surface area contributed by atoms with Gasteiger partial charge >= 0.3 is 5.97 Å². The summed E-state index contributed by atoms with van der Waals surface area (Å²) >= 11 is 3.37. The van der Waals surface area contributed by atoms with E-state index in [1.165, 1.54) is 0 Å². The lowest BCUT2D eigenvalue weighted by molar-refractivity contribution is -0.148. The first-order valence-corrected chi connectivity index (χ1v) is 6.44. The highest BCUT2D eigenvalue weighted by molar-refractivity contribution is 9.10. The molecule has 5 heteroatoms. The predicted molar refractivity (Wildman–Crippen MR) is 73.7 cm³/mol. The summed E-state index contributed by atoms with van der Waals surface area (Å²) < 4.78 is 6.51.